The second-order valence-electron chi connectivity index (χ2n) is 8.25. The Hall–Kier alpha value is -3.60. The number of rotatable bonds is 3. The summed E-state index contributed by atoms with van der Waals surface area (Å²) in [4.78, 5) is 30.0. The van der Waals surface area contributed by atoms with Crippen molar-refractivity contribution in [1.29, 1.82) is 0 Å². The number of halogens is 3. The molecule has 178 valence electrons. The Morgan fingerprint density at radius 3 is 2.65 bits per heavy atom. The normalized spacial score (nSPS) is 18.9. The smallest absolute Gasteiger partial charge is 0.420 e. The first-order chi connectivity index (χ1) is 16.0. The highest BCUT2D eigenvalue weighted by Gasteiger charge is 2.45. The van der Waals surface area contributed by atoms with Crippen molar-refractivity contribution >= 4 is 22.6 Å². The lowest BCUT2D eigenvalue weighted by Crippen LogP contribution is -2.44. The molecular formula is C23H20F3N3O5. The molecule has 1 atom stereocenters. The molecule has 0 unspecified atom stereocenters. The number of nitrogens with zero attached hydrogens (tertiary/aromatic N) is 2. The number of esters is 1. The van der Waals surface area contributed by atoms with Crippen LogP contribution in [0, 0.1) is 0 Å². The van der Waals surface area contributed by atoms with Gasteiger partial charge < -0.3 is 24.5 Å². The first kappa shape index (κ1) is 22.2. The van der Waals surface area contributed by atoms with Crippen LogP contribution in [0.1, 0.15) is 35.6 Å². The molecule has 8 nitrogen and oxygen atoms in total. The van der Waals surface area contributed by atoms with Crippen molar-refractivity contribution in [2.24, 2.45) is 0 Å². The summed E-state index contributed by atoms with van der Waals surface area (Å²) in [5.74, 6) is -1.20. The van der Waals surface area contributed by atoms with Gasteiger partial charge in [0, 0.05) is 23.6 Å². The Balaban J connectivity index is 1.81. The molecule has 0 amide bonds. The van der Waals surface area contributed by atoms with Crippen LogP contribution in [0.4, 0.5) is 18.9 Å². The number of pyridine rings is 2. The lowest BCUT2D eigenvalue weighted by Gasteiger charge is -2.31. The standard InChI is InChI=1S/C23H20F3N3O5/c1-4-22(32)13-7-16-17-10(8-29(16)20(30)12(13)9-34-21(22)31)5-11-15(28-17)6-14(23(24,25)26)19(33-3)18(11)27-2/h5-7,27,32H,4,8-9H2,1-3H3/t22-/m0/s1. The number of aliphatic hydroxyl groups is 1. The van der Waals surface area contributed by atoms with Crippen molar-refractivity contribution in [2.45, 2.75) is 38.3 Å². The first-order valence-corrected chi connectivity index (χ1v) is 10.5. The molecule has 0 saturated heterocycles. The number of hydrogen-bond donors (Lipinski definition) is 2. The molecule has 0 aliphatic carbocycles. The van der Waals surface area contributed by atoms with Gasteiger partial charge in [-0.05, 0) is 24.6 Å². The molecule has 2 aromatic heterocycles. The van der Waals surface area contributed by atoms with E-state index in [0.717, 1.165) is 13.2 Å². The van der Waals surface area contributed by atoms with E-state index in [0.29, 0.717) is 22.3 Å². The molecular weight excluding hydrogens is 455 g/mol. The molecule has 2 aliphatic heterocycles. The average Bonchev–Trinajstić information content (AvgIpc) is 3.16. The summed E-state index contributed by atoms with van der Waals surface area (Å²) in [6, 6.07) is 4.10. The summed E-state index contributed by atoms with van der Waals surface area (Å²) in [5.41, 5.74) is -1.69. The van der Waals surface area contributed by atoms with Crippen molar-refractivity contribution in [3.63, 3.8) is 0 Å². The molecule has 4 heterocycles. The fourth-order valence-electron chi connectivity index (χ4n) is 4.77. The Morgan fingerprint density at radius 2 is 2.03 bits per heavy atom. The lowest BCUT2D eigenvalue weighted by atomic mass is 9.86. The minimum absolute atomic E-state index is 0.0139. The van der Waals surface area contributed by atoms with E-state index in [4.69, 9.17) is 9.47 Å². The van der Waals surface area contributed by atoms with E-state index in [1.165, 1.54) is 17.7 Å². The van der Waals surface area contributed by atoms with Crippen molar-refractivity contribution in [3.8, 4) is 17.1 Å². The second kappa shape index (κ2) is 7.20. The van der Waals surface area contributed by atoms with Crippen molar-refractivity contribution in [1.82, 2.24) is 9.55 Å². The molecule has 0 saturated carbocycles. The molecule has 0 radical (unpaired) electrons. The molecule has 11 heteroatoms. The van der Waals surface area contributed by atoms with Crippen LogP contribution in [0.25, 0.3) is 22.3 Å². The second-order valence-corrected chi connectivity index (χ2v) is 8.25. The number of benzene rings is 1. The highest BCUT2D eigenvalue weighted by atomic mass is 19.4. The third-order valence-electron chi connectivity index (χ3n) is 6.53. The van der Waals surface area contributed by atoms with Crippen LogP contribution in [-0.2, 0) is 34.5 Å². The van der Waals surface area contributed by atoms with E-state index in [9.17, 15) is 27.9 Å². The van der Waals surface area contributed by atoms with Crippen LogP contribution in [0.3, 0.4) is 0 Å². The van der Waals surface area contributed by atoms with Crippen molar-refractivity contribution in [2.75, 3.05) is 19.5 Å². The highest BCUT2D eigenvalue weighted by Crippen LogP contribution is 2.46. The molecule has 2 N–H and O–H groups in total. The Morgan fingerprint density at radius 1 is 1.29 bits per heavy atom. The number of carbonyl (C=O) groups is 1. The van der Waals surface area contributed by atoms with Crippen LogP contribution < -0.4 is 15.6 Å². The number of nitrogens with one attached hydrogen (secondary N) is 1. The summed E-state index contributed by atoms with van der Waals surface area (Å²) >= 11 is 0. The number of alkyl halides is 3. The maximum absolute atomic E-state index is 13.7. The predicted octanol–water partition coefficient (Wildman–Crippen LogP) is 3.15. The molecule has 0 spiro atoms. The van der Waals surface area contributed by atoms with Crippen LogP contribution in [-0.4, -0.2) is 34.8 Å². The van der Waals surface area contributed by atoms with E-state index in [1.54, 1.807) is 13.0 Å². The quantitative estimate of drug-likeness (QED) is 0.439. The van der Waals surface area contributed by atoms with Gasteiger partial charge in [0.05, 0.1) is 41.8 Å². The average molecular weight is 475 g/mol. The van der Waals surface area contributed by atoms with Crippen LogP contribution in [0.15, 0.2) is 23.0 Å². The molecule has 0 fully saturated rings. The summed E-state index contributed by atoms with van der Waals surface area (Å²) in [7, 11) is 2.65. The topological polar surface area (TPSA) is 103 Å². The lowest BCUT2D eigenvalue weighted by molar-refractivity contribution is -0.172. The highest BCUT2D eigenvalue weighted by molar-refractivity contribution is 5.98. The number of aromatic nitrogens is 2. The van der Waals surface area contributed by atoms with Gasteiger partial charge in [-0.1, -0.05) is 6.92 Å². The summed E-state index contributed by atoms with van der Waals surface area (Å²) < 4.78 is 52.8. The van der Waals surface area contributed by atoms with Gasteiger partial charge >= 0.3 is 12.1 Å². The van der Waals surface area contributed by atoms with Crippen LogP contribution >= 0.6 is 0 Å². The minimum atomic E-state index is -4.68. The van der Waals surface area contributed by atoms with Gasteiger partial charge in [-0.25, -0.2) is 9.78 Å². The van der Waals surface area contributed by atoms with E-state index < -0.39 is 28.9 Å². The van der Waals surface area contributed by atoms with E-state index in [1.807, 2.05) is 0 Å². The van der Waals surface area contributed by atoms with Crippen LogP contribution in [0.2, 0.25) is 0 Å². The fraction of sp³-hybridized carbons (Fsp3) is 0.348. The fourth-order valence-corrected chi connectivity index (χ4v) is 4.77. The number of carbonyl (C=O) groups excluding carboxylic acids is 1. The molecule has 1 aromatic carbocycles. The van der Waals surface area contributed by atoms with E-state index in [2.05, 4.69) is 10.3 Å². The van der Waals surface area contributed by atoms with Crippen molar-refractivity contribution in [3.05, 3.63) is 50.8 Å². The molecule has 0 bridgehead atoms. The van der Waals surface area contributed by atoms with Gasteiger partial charge in [0.1, 0.15) is 12.2 Å². The maximum atomic E-state index is 13.7. The van der Waals surface area contributed by atoms with Crippen molar-refractivity contribution < 1.29 is 32.5 Å². The van der Waals surface area contributed by atoms with E-state index >= 15 is 0 Å². The third-order valence-corrected chi connectivity index (χ3v) is 6.53. The minimum Gasteiger partial charge on any atom is -0.494 e. The van der Waals surface area contributed by atoms with Gasteiger partial charge in [0.25, 0.3) is 5.56 Å². The third kappa shape index (κ3) is 2.86. The number of anilines is 1. The monoisotopic (exact) mass is 475 g/mol. The first-order valence-electron chi connectivity index (χ1n) is 10.5. The molecule has 5 rings (SSSR count). The SMILES string of the molecule is CC[C@@]1(O)C(=O)OCc2c1cc1n(c2=O)Cc2cc3c(NC)c(OC)c(C(F)(F)F)cc3nc2-1. The Bertz CT molecular complexity index is 1450. The van der Waals surface area contributed by atoms with E-state index in [-0.39, 0.29) is 47.7 Å². The number of cyclic esters (lactones) is 1. The number of methoxy groups -OCH3 is 1. The molecule has 34 heavy (non-hydrogen) atoms. The Labute approximate surface area is 190 Å². The van der Waals surface area contributed by atoms with Crippen LogP contribution in [0.5, 0.6) is 5.75 Å². The Kier molecular flexibility index (Phi) is 4.70. The maximum Gasteiger partial charge on any atom is 0.420 e. The molecule has 3 aromatic rings. The zero-order valence-electron chi connectivity index (χ0n) is 18.5. The van der Waals surface area contributed by atoms with Gasteiger partial charge in [-0.3, -0.25) is 4.79 Å². The number of hydrogen-bond acceptors (Lipinski definition) is 7. The van der Waals surface area contributed by atoms with Gasteiger partial charge in [-0.2, -0.15) is 13.2 Å². The summed E-state index contributed by atoms with van der Waals surface area (Å²) in [6.45, 7) is 1.45. The van der Waals surface area contributed by atoms with Gasteiger partial charge in [0.15, 0.2) is 11.4 Å². The summed E-state index contributed by atoms with van der Waals surface area (Å²) in [6.07, 6.45) is -4.70. The largest absolute Gasteiger partial charge is 0.494 e. The number of fused-ring (bicyclic) bond motifs is 5. The van der Waals surface area contributed by atoms with Gasteiger partial charge in [-0.15, -0.1) is 0 Å². The summed E-state index contributed by atoms with van der Waals surface area (Å²) in [5, 5.41) is 14.1. The predicted molar refractivity (Wildman–Crippen MR) is 116 cm³/mol. The van der Waals surface area contributed by atoms with Gasteiger partial charge in [0.2, 0.25) is 0 Å². The zero-order chi connectivity index (χ0) is 24.6. The zero-order valence-corrected chi connectivity index (χ0v) is 18.5. The number of ether oxygens (including phenoxy) is 2. The molecule has 2 aliphatic rings.